The summed E-state index contributed by atoms with van der Waals surface area (Å²) in [7, 11) is 0. The van der Waals surface area contributed by atoms with Crippen molar-refractivity contribution in [3.63, 3.8) is 0 Å². The van der Waals surface area contributed by atoms with E-state index < -0.39 is 0 Å². The lowest BCUT2D eigenvalue weighted by atomic mass is 10.1. The van der Waals surface area contributed by atoms with E-state index in [0.29, 0.717) is 5.41 Å². The lowest BCUT2D eigenvalue weighted by molar-refractivity contribution is 0.573. The van der Waals surface area contributed by atoms with Crippen molar-refractivity contribution in [1.82, 2.24) is 14.6 Å². The molecular weight excluding hydrogens is 212 g/mol. The Bertz CT molecular complexity index is 556. The summed E-state index contributed by atoms with van der Waals surface area (Å²) in [5.74, 6) is 1.71. The number of aryl methyl sites for hydroxylation is 1. The van der Waals surface area contributed by atoms with Gasteiger partial charge in [-0.25, -0.2) is 9.50 Å². The molecule has 1 saturated carbocycles. The molecule has 0 radical (unpaired) electrons. The van der Waals surface area contributed by atoms with Gasteiger partial charge in [0.25, 0.3) is 0 Å². The highest BCUT2D eigenvalue weighted by atomic mass is 15.2. The van der Waals surface area contributed by atoms with Crippen LogP contribution in [0.3, 0.4) is 0 Å². The van der Waals surface area contributed by atoms with Crippen molar-refractivity contribution in [2.24, 2.45) is 11.3 Å². The van der Waals surface area contributed by atoms with E-state index in [1.165, 1.54) is 6.42 Å². The number of nitrogens with zero attached hydrogens (tertiary/aromatic N) is 3. The van der Waals surface area contributed by atoms with E-state index >= 15 is 0 Å². The van der Waals surface area contributed by atoms with Crippen LogP contribution in [-0.4, -0.2) is 21.1 Å². The molecule has 1 fully saturated rings. The second-order valence-electron chi connectivity index (χ2n) is 5.66. The van der Waals surface area contributed by atoms with Crippen LogP contribution in [0.15, 0.2) is 18.5 Å². The molecule has 2 aromatic heterocycles. The summed E-state index contributed by atoms with van der Waals surface area (Å²) in [5.41, 5.74) is 2.59. The summed E-state index contributed by atoms with van der Waals surface area (Å²) >= 11 is 0. The molecule has 0 amide bonds. The lowest BCUT2D eigenvalue weighted by Crippen LogP contribution is -2.09. The Morgan fingerprint density at radius 2 is 2.29 bits per heavy atom. The third-order valence-electron chi connectivity index (χ3n) is 3.75. The first-order valence-corrected chi connectivity index (χ1v) is 6.11. The van der Waals surface area contributed by atoms with Gasteiger partial charge in [0, 0.05) is 18.9 Å². The minimum atomic E-state index is 0.508. The third kappa shape index (κ3) is 1.88. The summed E-state index contributed by atoms with van der Waals surface area (Å²) < 4.78 is 1.88. The zero-order valence-corrected chi connectivity index (χ0v) is 10.6. The normalized spacial score (nSPS) is 21.7. The maximum Gasteiger partial charge on any atom is 0.152 e. The molecule has 0 spiro atoms. The minimum Gasteiger partial charge on any atom is -0.368 e. The topological polar surface area (TPSA) is 42.2 Å². The molecule has 1 N–H and O–H groups in total. The van der Waals surface area contributed by atoms with Crippen LogP contribution in [0, 0.1) is 18.3 Å². The van der Waals surface area contributed by atoms with Gasteiger partial charge in [-0.1, -0.05) is 13.8 Å². The minimum absolute atomic E-state index is 0.508. The van der Waals surface area contributed by atoms with Crippen LogP contribution < -0.4 is 5.32 Å². The fraction of sp³-hybridized carbons (Fsp3) is 0.538. The number of hydrogen-bond donors (Lipinski definition) is 1. The van der Waals surface area contributed by atoms with E-state index in [1.807, 2.05) is 17.6 Å². The Morgan fingerprint density at radius 1 is 1.53 bits per heavy atom. The molecule has 1 aliphatic carbocycles. The van der Waals surface area contributed by atoms with Crippen molar-refractivity contribution in [2.45, 2.75) is 27.2 Å². The number of rotatable bonds is 3. The van der Waals surface area contributed by atoms with E-state index in [4.69, 9.17) is 0 Å². The highest BCUT2D eigenvalue weighted by Crippen LogP contribution is 2.51. The number of hydrogen-bond acceptors (Lipinski definition) is 3. The molecule has 0 aliphatic heterocycles. The third-order valence-corrected chi connectivity index (χ3v) is 3.75. The van der Waals surface area contributed by atoms with E-state index in [1.54, 1.807) is 6.20 Å². The van der Waals surface area contributed by atoms with E-state index in [2.05, 4.69) is 35.3 Å². The van der Waals surface area contributed by atoms with Gasteiger partial charge in [-0.3, -0.25) is 0 Å². The maximum absolute atomic E-state index is 4.40. The first kappa shape index (κ1) is 10.6. The van der Waals surface area contributed by atoms with Crippen LogP contribution in [-0.2, 0) is 0 Å². The molecule has 4 heteroatoms. The van der Waals surface area contributed by atoms with Crippen LogP contribution >= 0.6 is 0 Å². The van der Waals surface area contributed by atoms with Crippen LogP contribution in [0.1, 0.15) is 26.0 Å². The van der Waals surface area contributed by atoms with Gasteiger partial charge in [0.15, 0.2) is 5.82 Å². The van der Waals surface area contributed by atoms with Crippen LogP contribution in [0.5, 0.6) is 0 Å². The van der Waals surface area contributed by atoms with Crippen molar-refractivity contribution >= 4 is 11.3 Å². The Hall–Kier alpha value is -1.58. The Kier molecular flexibility index (Phi) is 2.15. The SMILES string of the molecule is Cc1cc2c(NCC3CC3(C)C)nccn2n1. The van der Waals surface area contributed by atoms with Crippen LogP contribution in [0.25, 0.3) is 5.52 Å². The summed E-state index contributed by atoms with van der Waals surface area (Å²) in [4.78, 5) is 4.40. The Balaban J connectivity index is 1.80. The highest BCUT2D eigenvalue weighted by molar-refractivity contribution is 5.67. The van der Waals surface area contributed by atoms with E-state index in [-0.39, 0.29) is 0 Å². The van der Waals surface area contributed by atoms with Gasteiger partial charge in [-0.15, -0.1) is 0 Å². The van der Waals surface area contributed by atoms with Crippen LogP contribution in [0.2, 0.25) is 0 Å². The smallest absolute Gasteiger partial charge is 0.152 e. The second-order valence-corrected chi connectivity index (χ2v) is 5.66. The van der Waals surface area contributed by atoms with Gasteiger partial charge >= 0.3 is 0 Å². The molecule has 0 aromatic carbocycles. The van der Waals surface area contributed by atoms with Crippen LogP contribution in [0.4, 0.5) is 5.82 Å². The molecule has 2 heterocycles. The summed E-state index contributed by atoms with van der Waals surface area (Å²) in [5, 5.41) is 7.83. The molecule has 2 aromatic rings. The fourth-order valence-electron chi connectivity index (χ4n) is 2.32. The molecule has 0 bridgehead atoms. The van der Waals surface area contributed by atoms with Gasteiger partial charge in [0.2, 0.25) is 0 Å². The zero-order chi connectivity index (χ0) is 12.0. The fourth-order valence-corrected chi connectivity index (χ4v) is 2.32. The largest absolute Gasteiger partial charge is 0.368 e. The average Bonchev–Trinajstić information content (AvgIpc) is 2.69. The summed E-state index contributed by atoms with van der Waals surface area (Å²) in [6.45, 7) is 7.64. The quantitative estimate of drug-likeness (QED) is 0.881. The van der Waals surface area contributed by atoms with E-state index in [9.17, 15) is 0 Å². The van der Waals surface area contributed by atoms with Crippen molar-refractivity contribution in [1.29, 1.82) is 0 Å². The Morgan fingerprint density at radius 3 is 3.00 bits per heavy atom. The predicted molar refractivity (Wildman–Crippen MR) is 68.1 cm³/mol. The lowest BCUT2D eigenvalue weighted by Gasteiger charge is -2.07. The molecule has 1 aliphatic rings. The second kappa shape index (κ2) is 3.45. The average molecular weight is 230 g/mol. The monoisotopic (exact) mass is 230 g/mol. The first-order chi connectivity index (χ1) is 8.06. The van der Waals surface area contributed by atoms with Gasteiger partial charge in [0.05, 0.1) is 5.69 Å². The van der Waals surface area contributed by atoms with E-state index in [0.717, 1.165) is 29.5 Å². The number of anilines is 1. The predicted octanol–water partition coefficient (Wildman–Crippen LogP) is 2.50. The molecule has 3 rings (SSSR count). The van der Waals surface area contributed by atoms with Gasteiger partial charge in [-0.2, -0.15) is 5.10 Å². The number of aromatic nitrogens is 3. The highest BCUT2D eigenvalue weighted by Gasteiger charge is 2.45. The van der Waals surface area contributed by atoms with Gasteiger partial charge < -0.3 is 5.32 Å². The van der Waals surface area contributed by atoms with Crippen molar-refractivity contribution < 1.29 is 0 Å². The summed E-state index contributed by atoms with van der Waals surface area (Å²) in [6.07, 6.45) is 4.98. The van der Waals surface area contributed by atoms with Gasteiger partial charge in [0.1, 0.15) is 5.52 Å². The van der Waals surface area contributed by atoms with Crippen molar-refractivity contribution in [3.8, 4) is 0 Å². The number of fused-ring (bicyclic) bond motifs is 1. The maximum atomic E-state index is 4.40. The molecule has 1 unspecified atom stereocenters. The first-order valence-electron chi connectivity index (χ1n) is 6.11. The standard InChI is InChI=1S/C13H18N4/c1-9-6-11-12(14-4-5-17(11)16-9)15-8-10-7-13(10,2)3/h4-6,10H,7-8H2,1-3H3,(H,14,15). The van der Waals surface area contributed by atoms with Crippen molar-refractivity contribution in [3.05, 3.63) is 24.2 Å². The Labute approximate surface area is 101 Å². The molecule has 4 nitrogen and oxygen atoms in total. The molecule has 1 atom stereocenters. The molecule has 17 heavy (non-hydrogen) atoms. The number of nitrogens with one attached hydrogen (secondary N) is 1. The molecule has 0 saturated heterocycles. The molecular formula is C13H18N4. The summed E-state index contributed by atoms with van der Waals surface area (Å²) in [6, 6.07) is 2.06. The zero-order valence-electron chi connectivity index (χ0n) is 10.6. The van der Waals surface area contributed by atoms with Crippen molar-refractivity contribution in [2.75, 3.05) is 11.9 Å². The van der Waals surface area contributed by atoms with Gasteiger partial charge in [-0.05, 0) is 30.7 Å². The molecule has 90 valence electrons.